The number of halogens is 4. The second kappa shape index (κ2) is 5.33. The van der Waals surface area contributed by atoms with Crippen molar-refractivity contribution in [2.45, 2.75) is 26.4 Å². The first-order chi connectivity index (χ1) is 8.31. The standard InChI is InChI=1S/C13H12F4O/c1-3-8(4-2)12(18)9-5-6-11(14)10(7-9)13(15,16)17/h3,5-7H,4H2,1-2H3/b8-3-. The van der Waals surface area contributed by atoms with Crippen molar-refractivity contribution in [3.63, 3.8) is 0 Å². The predicted molar refractivity (Wildman–Crippen MR) is 59.8 cm³/mol. The third-order valence-electron chi connectivity index (χ3n) is 2.55. The Morgan fingerprint density at radius 3 is 2.39 bits per heavy atom. The van der Waals surface area contributed by atoms with Crippen LogP contribution in [0.2, 0.25) is 0 Å². The van der Waals surface area contributed by atoms with Crippen LogP contribution in [0.3, 0.4) is 0 Å². The van der Waals surface area contributed by atoms with E-state index in [4.69, 9.17) is 0 Å². The fourth-order valence-electron chi connectivity index (χ4n) is 1.56. The molecule has 0 amide bonds. The van der Waals surface area contributed by atoms with Gasteiger partial charge in [0.2, 0.25) is 0 Å². The lowest BCUT2D eigenvalue weighted by molar-refractivity contribution is -0.140. The smallest absolute Gasteiger partial charge is 0.289 e. The number of benzene rings is 1. The number of Topliss-reactive ketones (excluding diaryl/α,β-unsaturated/α-hetero) is 1. The number of hydrogen-bond acceptors (Lipinski definition) is 1. The van der Waals surface area contributed by atoms with Crippen LogP contribution in [0.1, 0.15) is 36.2 Å². The zero-order valence-corrected chi connectivity index (χ0v) is 9.94. The second-order valence-electron chi connectivity index (χ2n) is 3.69. The van der Waals surface area contributed by atoms with Gasteiger partial charge in [-0.1, -0.05) is 13.0 Å². The van der Waals surface area contributed by atoms with E-state index in [0.717, 1.165) is 6.07 Å². The molecule has 0 aliphatic carbocycles. The third-order valence-corrected chi connectivity index (χ3v) is 2.55. The molecule has 0 aromatic heterocycles. The molecule has 0 aliphatic heterocycles. The van der Waals surface area contributed by atoms with Crippen molar-refractivity contribution in [3.8, 4) is 0 Å². The molecule has 0 spiro atoms. The number of alkyl halides is 3. The molecule has 98 valence electrons. The van der Waals surface area contributed by atoms with Gasteiger partial charge in [0.1, 0.15) is 5.82 Å². The highest BCUT2D eigenvalue weighted by Gasteiger charge is 2.34. The number of allylic oxidation sites excluding steroid dienone is 2. The van der Waals surface area contributed by atoms with Gasteiger partial charge in [-0.3, -0.25) is 4.79 Å². The Morgan fingerprint density at radius 1 is 1.33 bits per heavy atom. The van der Waals surface area contributed by atoms with Gasteiger partial charge in [0.15, 0.2) is 5.78 Å². The first kappa shape index (κ1) is 14.4. The van der Waals surface area contributed by atoms with E-state index in [2.05, 4.69) is 0 Å². The Morgan fingerprint density at radius 2 is 1.94 bits per heavy atom. The van der Waals surface area contributed by atoms with E-state index in [9.17, 15) is 22.4 Å². The summed E-state index contributed by atoms with van der Waals surface area (Å²) in [6.07, 6.45) is -2.85. The van der Waals surface area contributed by atoms with Gasteiger partial charge in [0, 0.05) is 5.56 Å². The Labute approximate surface area is 102 Å². The van der Waals surface area contributed by atoms with Crippen LogP contribution in [0.25, 0.3) is 0 Å². The fraction of sp³-hybridized carbons (Fsp3) is 0.308. The number of hydrogen-bond donors (Lipinski definition) is 0. The largest absolute Gasteiger partial charge is 0.419 e. The summed E-state index contributed by atoms with van der Waals surface area (Å²) >= 11 is 0. The van der Waals surface area contributed by atoms with Crippen LogP contribution >= 0.6 is 0 Å². The topological polar surface area (TPSA) is 17.1 Å². The van der Waals surface area contributed by atoms with Crippen molar-refractivity contribution in [2.75, 3.05) is 0 Å². The molecule has 0 N–H and O–H groups in total. The molecule has 0 heterocycles. The molecule has 0 saturated heterocycles. The Balaban J connectivity index is 3.25. The van der Waals surface area contributed by atoms with Crippen molar-refractivity contribution in [1.29, 1.82) is 0 Å². The van der Waals surface area contributed by atoms with Crippen molar-refractivity contribution < 1.29 is 22.4 Å². The Bertz CT molecular complexity index is 486. The number of carbonyl (C=O) groups is 1. The average Bonchev–Trinajstić information content (AvgIpc) is 2.29. The van der Waals surface area contributed by atoms with Crippen LogP contribution in [0.15, 0.2) is 29.8 Å². The molecule has 1 aromatic carbocycles. The van der Waals surface area contributed by atoms with Crippen LogP contribution in [0.4, 0.5) is 17.6 Å². The number of rotatable bonds is 3. The van der Waals surface area contributed by atoms with E-state index >= 15 is 0 Å². The first-order valence-electron chi connectivity index (χ1n) is 5.37. The van der Waals surface area contributed by atoms with Crippen LogP contribution in [-0.4, -0.2) is 5.78 Å². The minimum Gasteiger partial charge on any atom is -0.289 e. The van der Waals surface area contributed by atoms with E-state index in [1.54, 1.807) is 19.9 Å². The lowest BCUT2D eigenvalue weighted by Gasteiger charge is -2.10. The van der Waals surface area contributed by atoms with Gasteiger partial charge in [-0.2, -0.15) is 13.2 Å². The summed E-state index contributed by atoms with van der Waals surface area (Å²) < 4.78 is 50.5. The maximum Gasteiger partial charge on any atom is 0.419 e. The quantitative estimate of drug-likeness (QED) is 0.447. The van der Waals surface area contributed by atoms with E-state index in [-0.39, 0.29) is 5.56 Å². The van der Waals surface area contributed by atoms with Gasteiger partial charge in [-0.15, -0.1) is 0 Å². The maximum absolute atomic E-state index is 13.0. The number of carbonyl (C=O) groups excluding carboxylic acids is 1. The lowest BCUT2D eigenvalue weighted by Crippen LogP contribution is -2.11. The normalized spacial score (nSPS) is 12.7. The van der Waals surface area contributed by atoms with Gasteiger partial charge in [-0.25, -0.2) is 4.39 Å². The van der Waals surface area contributed by atoms with Gasteiger partial charge in [0.25, 0.3) is 0 Å². The monoisotopic (exact) mass is 260 g/mol. The van der Waals surface area contributed by atoms with Gasteiger partial charge in [0.05, 0.1) is 5.56 Å². The van der Waals surface area contributed by atoms with E-state index in [1.807, 2.05) is 0 Å². The summed E-state index contributed by atoms with van der Waals surface area (Å²) in [5, 5.41) is 0. The molecular formula is C13H12F4O. The summed E-state index contributed by atoms with van der Waals surface area (Å²) in [6, 6.07) is 2.28. The molecule has 0 saturated carbocycles. The minimum atomic E-state index is -4.80. The maximum atomic E-state index is 13.0. The van der Waals surface area contributed by atoms with Crippen molar-refractivity contribution >= 4 is 5.78 Å². The summed E-state index contributed by atoms with van der Waals surface area (Å²) in [6.45, 7) is 3.35. The highest BCUT2D eigenvalue weighted by Crippen LogP contribution is 2.32. The molecule has 0 radical (unpaired) electrons. The molecule has 18 heavy (non-hydrogen) atoms. The molecule has 1 rings (SSSR count). The highest BCUT2D eigenvalue weighted by atomic mass is 19.4. The van der Waals surface area contributed by atoms with Gasteiger partial charge < -0.3 is 0 Å². The van der Waals surface area contributed by atoms with Crippen molar-refractivity contribution in [2.24, 2.45) is 0 Å². The zero-order chi connectivity index (χ0) is 13.9. The lowest BCUT2D eigenvalue weighted by atomic mass is 9.99. The summed E-state index contributed by atoms with van der Waals surface area (Å²) in [4.78, 5) is 11.8. The van der Waals surface area contributed by atoms with E-state index < -0.39 is 23.3 Å². The van der Waals surface area contributed by atoms with E-state index in [0.29, 0.717) is 24.1 Å². The molecule has 1 aromatic rings. The molecule has 5 heteroatoms. The van der Waals surface area contributed by atoms with E-state index in [1.165, 1.54) is 0 Å². The molecule has 0 bridgehead atoms. The summed E-state index contributed by atoms with van der Waals surface area (Å²) in [5.41, 5.74) is -1.17. The van der Waals surface area contributed by atoms with Crippen LogP contribution in [-0.2, 0) is 6.18 Å². The molecule has 0 aliphatic rings. The zero-order valence-electron chi connectivity index (χ0n) is 9.94. The average molecular weight is 260 g/mol. The van der Waals surface area contributed by atoms with Crippen molar-refractivity contribution in [1.82, 2.24) is 0 Å². The molecule has 0 unspecified atom stereocenters. The third kappa shape index (κ3) is 2.97. The molecule has 1 nitrogen and oxygen atoms in total. The Hall–Kier alpha value is -1.65. The van der Waals surface area contributed by atoms with Crippen LogP contribution < -0.4 is 0 Å². The van der Waals surface area contributed by atoms with Crippen LogP contribution in [0.5, 0.6) is 0 Å². The molecular weight excluding hydrogens is 248 g/mol. The predicted octanol–water partition coefficient (Wildman–Crippen LogP) is 4.38. The van der Waals surface area contributed by atoms with Crippen LogP contribution in [0, 0.1) is 5.82 Å². The first-order valence-corrected chi connectivity index (χ1v) is 5.37. The Kier molecular flexibility index (Phi) is 4.27. The fourth-order valence-corrected chi connectivity index (χ4v) is 1.56. The second-order valence-corrected chi connectivity index (χ2v) is 3.69. The molecule has 0 atom stereocenters. The van der Waals surface area contributed by atoms with Gasteiger partial charge in [-0.05, 0) is 37.1 Å². The number of ketones is 1. The highest BCUT2D eigenvalue weighted by molar-refractivity contribution is 6.08. The summed E-state index contributed by atoms with van der Waals surface area (Å²) in [7, 11) is 0. The summed E-state index contributed by atoms with van der Waals surface area (Å²) in [5.74, 6) is -1.89. The minimum absolute atomic E-state index is 0.154. The molecule has 0 fully saturated rings. The van der Waals surface area contributed by atoms with Gasteiger partial charge >= 0.3 is 6.18 Å². The SMILES string of the molecule is C/C=C(/CC)C(=O)c1ccc(F)c(C(F)(F)F)c1. The van der Waals surface area contributed by atoms with Crippen molar-refractivity contribution in [3.05, 3.63) is 46.8 Å².